The fraction of sp³-hybridized carbons (Fsp3) is 0.455. The van der Waals surface area contributed by atoms with Gasteiger partial charge in [-0.2, -0.15) is 0 Å². The second kappa shape index (κ2) is 10.9. The zero-order chi connectivity index (χ0) is 16.2. The third-order valence-corrected chi connectivity index (χ3v) is 4.23. The summed E-state index contributed by atoms with van der Waals surface area (Å²) in [4.78, 5) is 0. The average molecular weight is 310 g/mol. The summed E-state index contributed by atoms with van der Waals surface area (Å²) >= 11 is 0. The molecule has 0 aliphatic carbocycles. The summed E-state index contributed by atoms with van der Waals surface area (Å²) in [6.07, 6.45) is 10.7. The molecule has 0 unspecified atom stereocenters. The van der Waals surface area contributed by atoms with Crippen molar-refractivity contribution in [2.24, 2.45) is 0 Å². The largest absolute Gasteiger partial charge is 0.493 e. The number of ether oxygens (including phenoxy) is 1. The van der Waals surface area contributed by atoms with Crippen LogP contribution in [0.15, 0.2) is 54.6 Å². The summed E-state index contributed by atoms with van der Waals surface area (Å²) in [5.74, 6) is 1.00. The number of para-hydroxylation sites is 1. The third-order valence-electron chi connectivity index (χ3n) is 4.23. The van der Waals surface area contributed by atoms with E-state index in [0.717, 1.165) is 18.8 Å². The maximum absolute atomic E-state index is 6.04. The fourth-order valence-corrected chi connectivity index (χ4v) is 2.87. The van der Waals surface area contributed by atoms with Gasteiger partial charge in [-0.25, -0.2) is 0 Å². The molecule has 0 aliphatic heterocycles. The molecule has 124 valence electrons. The van der Waals surface area contributed by atoms with Gasteiger partial charge in [0.15, 0.2) is 0 Å². The van der Waals surface area contributed by atoms with Gasteiger partial charge in [0, 0.05) is 5.56 Å². The molecule has 0 saturated heterocycles. The van der Waals surface area contributed by atoms with Crippen molar-refractivity contribution < 1.29 is 4.74 Å². The smallest absolute Gasteiger partial charge is 0.127 e. The van der Waals surface area contributed by atoms with Crippen molar-refractivity contribution in [1.29, 1.82) is 0 Å². The van der Waals surface area contributed by atoms with Gasteiger partial charge in [-0.1, -0.05) is 100 Å². The topological polar surface area (TPSA) is 9.23 Å². The highest BCUT2D eigenvalue weighted by atomic mass is 16.5. The van der Waals surface area contributed by atoms with Crippen LogP contribution < -0.4 is 4.74 Å². The molecule has 0 heterocycles. The Morgan fingerprint density at radius 2 is 1.26 bits per heavy atom. The molecule has 0 aromatic heterocycles. The van der Waals surface area contributed by atoms with Gasteiger partial charge in [-0.3, -0.25) is 0 Å². The molecule has 0 bridgehead atoms. The first kappa shape index (κ1) is 17.6. The van der Waals surface area contributed by atoms with E-state index in [4.69, 9.17) is 4.74 Å². The van der Waals surface area contributed by atoms with Gasteiger partial charge >= 0.3 is 0 Å². The van der Waals surface area contributed by atoms with Gasteiger partial charge in [0.1, 0.15) is 5.75 Å². The van der Waals surface area contributed by atoms with Crippen molar-refractivity contribution in [2.75, 3.05) is 6.61 Å². The maximum atomic E-state index is 6.04. The number of rotatable bonds is 11. The Balaban J connectivity index is 1.70. The Labute approximate surface area is 141 Å². The van der Waals surface area contributed by atoms with E-state index < -0.39 is 0 Å². The highest BCUT2D eigenvalue weighted by Gasteiger charge is 2.04. The van der Waals surface area contributed by atoms with Crippen molar-refractivity contribution in [1.82, 2.24) is 0 Å². The van der Waals surface area contributed by atoms with Crippen LogP contribution >= 0.6 is 0 Å². The van der Waals surface area contributed by atoms with Gasteiger partial charge in [0.2, 0.25) is 0 Å². The van der Waals surface area contributed by atoms with Crippen LogP contribution in [0.2, 0.25) is 0 Å². The first-order valence-corrected chi connectivity index (χ1v) is 9.19. The van der Waals surface area contributed by atoms with Crippen molar-refractivity contribution >= 4 is 0 Å². The van der Waals surface area contributed by atoms with Crippen LogP contribution in [0, 0.1) is 0 Å². The van der Waals surface area contributed by atoms with Crippen LogP contribution in [-0.2, 0) is 0 Å². The molecule has 1 nitrogen and oxygen atoms in total. The summed E-state index contributed by atoms with van der Waals surface area (Å²) < 4.78 is 6.04. The Hall–Kier alpha value is -1.76. The third kappa shape index (κ3) is 6.48. The van der Waals surface area contributed by atoms with E-state index in [0.29, 0.717) is 0 Å². The molecular weight excluding hydrogens is 280 g/mol. The molecule has 0 amide bonds. The van der Waals surface area contributed by atoms with E-state index >= 15 is 0 Å². The molecule has 0 spiro atoms. The second-order valence-corrected chi connectivity index (χ2v) is 6.19. The standard InChI is InChI=1S/C22H30O/c1-2-3-4-5-6-7-8-14-19-23-22-18-13-12-17-21(22)20-15-10-9-11-16-20/h9-13,15-18H,2-8,14,19H2,1H3. The lowest BCUT2D eigenvalue weighted by Crippen LogP contribution is -1.98. The zero-order valence-electron chi connectivity index (χ0n) is 14.5. The zero-order valence-corrected chi connectivity index (χ0v) is 14.5. The molecule has 0 fully saturated rings. The lowest BCUT2D eigenvalue weighted by molar-refractivity contribution is 0.305. The summed E-state index contributed by atoms with van der Waals surface area (Å²) in [7, 11) is 0. The quantitative estimate of drug-likeness (QED) is 0.411. The van der Waals surface area contributed by atoms with Crippen LogP contribution in [-0.4, -0.2) is 6.61 Å². The van der Waals surface area contributed by atoms with Crippen molar-refractivity contribution in [3.05, 3.63) is 54.6 Å². The molecule has 0 N–H and O–H groups in total. The molecule has 1 heteroatoms. The van der Waals surface area contributed by atoms with Crippen LogP contribution in [0.1, 0.15) is 58.3 Å². The van der Waals surface area contributed by atoms with E-state index in [2.05, 4.69) is 55.5 Å². The summed E-state index contributed by atoms with van der Waals surface area (Å²) in [6.45, 7) is 3.09. The summed E-state index contributed by atoms with van der Waals surface area (Å²) in [5, 5.41) is 0. The molecule has 2 aromatic rings. The van der Waals surface area contributed by atoms with Crippen LogP contribution in [0.4, 0.5) is 0 Å². The predicted molar refractivity (Wildman–Crippen MR) is 100.0 cm³/mol. The molecule has 0 radical (unpaired) electrons. The summed E-state index contributed by atoms with van der Waals surface area (Å²) in [5.41, 5.74) is 2.41. The highest BCUT2D eigenvalue weighted by molar-refractivity contribution is 5.70. The number of benzene rings is 2. The van der Waals surface area contributed by atoms with Crippen molar-refractivity contribution in [3.8, 4) is 16.9 Å². The van der Waals surface area contributed by atoms with Gasteiger partial charge < -0.3 is 4.74 Å². The van der Waals surface area contributed by atoms with Gasteiger partial charge in [-0.15, -0.1) is 0 Å². The molecule has 0 saturated carbocycles. The van der Waals surface area contributed by atoms with Gasteiger partial charge in [0.25, 0.3) is 0 Å². The second-order valence-electron chi connectivity index (χ2n) is 6.19. The molecule has 23 heavy (non-hydrogen) atoms. The van der Waals surface area contributed by atoms with Gasteiger partial charge in [-0.05, 0) is 18.1 Å². The SMILES string of the molecule is CCCCCCCCCCOc1ccccc1-c1ccccc1. The van der Waals surface area contributed by atoms with E-state index in [1.807, 2.05) is 6.07 Å². The summed E-state index contributed by atoms with van der Waals surface area (Å²) in [6, 6.07) is 18.8. The minimum Gasteiger partial charge on any atom is -0.493 e. The normalized spacial score (nSPS) is 10.7. The van der Waals surface area contributed by atoms with Crippen LogP contribution in [0.3, 0.4) is 0 Å². The lowest BCUT2D eigenvalue weighted by Gasteiger charge is -2.11. The van der Waals surface area contributed by atoms with E-state index in [9.17, 15) is 0 Å². The fourth-order valence-electron chi connectivity index (χ4n) is 2.87. The van der Waals surface area contributed by atoms with Crippen LogP contribution in [0.5, 0.6) is 5.75 Å². The first-order valence-electron chi connectivity index (χ1n) is 9.19. The molecule has 2 rings (SSSR count). The Morgan fingerprint density at radius 1 is 0.652 bits per heavy atom. The molecule has 0 aliphatic rings. The number of unbranched alkanes of at least 4 members (excludes halogenated alkanes) is 7. The lowest BCUT2D eigenvalue weighted by atomic mass is 10.0. The number of hydrogen-bond acceptors (Lipinski definition) is 1. The Morgan fingerprint density at radius 3 is 2.00 bits per heavy atom. The van der Waals surface area contributed by atoms with Gasteiger partial charge in [0.05, 0.1) is 6.61 Å². The predicted octanol–water partition coefficient (Wildman–Crippen LogP) is 6.87. The maximum Gasteiger partial charge on any atom is 0.127 e. The average Bonchev–Trinajstić information content (AvgIpc) is 2.61. The number of hydrogen-bond donors (Lipinski definition) is 0. The van der Waals surface area contributed by atoms with Crippen molar-refractivity contribution in [2.45, 2.75) is 58.3 Å². The highest BCUT2D eigenvalue weighted by Crippen LogP contribution is 2.29. The monoisotopic (exact) mass is 310 g/mol. The first-order chi connectivity index (χ1) is 11.4. The minimum atomic E-state index is 0.818. The molecular formula is C22H30O. The van der Waals surface area contributed by atoms with E-state index in [1.54, 1.807) is 0 Å². The minimum absolute atomic E-state index is 0.818. The van der Waals surface area contributed by atoms with Crippen molar-refractivity contribution in [3.63, 3.8) is 0 Å². The molecule has 2 aromatic carbocycles. The van der Waals surface area contributed by atoms with E-state index in [-0.39, 0.29) is 0 Å². The molecule has 0 atom stereocenters. The Bertz CT molecular complexity index is 533. The Kier molecular flexibility index (Phi) is 8.32. The van der Waals surface area contributed by atoms with Crippen LogP contribution in [0.25, 0.3) is 11.1 Å². The van der Waals surface area contributed by atoms with E-state index in [1.165, 1.54) is 56.1 Å².